The van der Waals surface area contributed by atoms with Crippen molar-refractivity contribution >= 4 is 65.9 Å². The molecule has 1 N–H and O–H groups in total. The van der Waals surface area contributed by atoms with E-state index in [1.807, 2.05) is 49.6 Å². The third-order valence-corrected chi connectivity index (χ3v) is 6.47. The van der Waals surface area contributed by atoms with Gasteiger partial charge in [0.1, 0.15) is 0 Å². The zero-order valence-electron chi connectivity index (χ0n) is 13.0. The van der Waals surface area contributed by atoms with E-state index in [1.165, 1.54) is 11.3 Å². The largest absolute Gasteiger partial charge is 0.298 e. The minimum atomic E-state index is -0.140. The summed E-state index contributed by atoms with van der Waals surface area (Å²) in [6, 6.07) is 11.5. The normalized spacial score (nSPS) is 11.2. The van der Waals surface area contributed by atoms with Crippen LogP contribution in [0.4, 0.5) is 5.13 Å². The van der Waals surface area contributed by atoms with E-state index in [0.717, 1.165) is 30.3 Å². The predicted octanol–water partition coefficient (Wildman–Crippen LogP) is 5.19. The maximum absolute atomic E-state index is 12.4. The van der Waals surface area contributed by atoms with Crippen molar-refractivity contribution in [3.63, 3.8) is 0 Å². The molecule has 0 aliphatic heterocycles. The molecule has 0 aliphatic carbocycles. The summed E-state index contributed by atoms with van der Waals surface area (Å²) in [5, 5.41) is 4.55. The number of hydrogen-bond donors (Lipinski definition) is 1. The average Bonchev–Trinajstić information content (AvgIpc) is 3.16. The van der Waals surface area contributed by atoms with E-state index in [0.29, 0.717) is 10.7 Å². The number of nitrogens with zero attached hydrogens (tertiary/aromatic N) is 2. The smallest absolute Gasteiger partial charge is 0.257 e. The highest BCUT2D eigenvalue weighted by Crippen LogP contribution is 2.35. The van der Waals surface area contributed by atoms with Crippen molar-refractivity contribution in [1.29, 1.82) is 0 Å². The molecule has 0 aliphatic rings. The Morgan fingerprint density at radius 3 is 2.38 bits per heavy atom. The number of carbonyl (C=O) groups excluding carboxylic acids is 1. The van der Waals surface area contributed by atoms with E-state index in [1.54, 1.807) is 23.1 Å². The molecule has 4 rings (SSSR count). The van der Waals surface area contributed by atoms with Gasteiger partial charge >= 0.3 is 0 Å². The van der Waals surface area contributed by atoms with Gasteiger partial charge in [0, 0.05) is 10.5 Å². The molecule has 24 heavy (non-hydrogen) atoms. The summed E-state index contributed by atoms with van der Waals surface area (Å²) in [6.07, 6.45) is 2.01. The van der Waals surface area contributed by atoms with Crippen LogP contribution in [0.15, 0.2) is 41.3 Å². The number of aromatic nitrogens is 2. The standard InChI is InChI=1S/C17H13N3OS3/c1-9-18-12-7-8-13-15(14(12)23-9)24-17(19-13)20-16(21)10-3-5-11(22-2)6-4-10/h3-8H,1-2H3,(H,19,20,21). The van der Waals surface area contributed by atoms with Gasteiger partial charge in [-0.1, -0.05) is 11.3 Å². The fraction of sp³-hybridized carbons (Fsp3) is 0.118. The topological polar surface area (TPSA) is 54.9 Å². The van der Waals surface area contributed by atoms with Crippen LogP contribution < -0.4 is 5.32 Å². The second-order valence-corrected chi connectivity index (χ2v) is 8.28. The molecule has 0 bridgehead atoms. The average molecular weight is 372 g/mol. The molecule has 0 radical (unpaired) electrons. The number of thiazole rings is 2. The lowest BCUT2D eigenvalue weighted by atomic mass is 10.2. The number of aryl methyl sites for hydroxylation is 1. The van der Waals surface area contributed by atoms with Gasteiger partial charge < -0.3 is 0 Å². The van der Waals surface area contributed by atoms with Crippen LogP contribution in [0.2, 0.25) is 0 Å². The minimum Gasteiger partial charge on any atom is -0.298 e. The van der Waals surface area contributed by atoms with Crippen molar-refractivity contribution in [2.75, 3.05) is 11.6 Å². The molecule has 4 aromatic rings. The summed E-state index contributed by atoms with van der Waals surface area (Å²) < 4.78 is 2.21. The third-order valence-electron chi connectivity index (χ3n) is 3.59. The number of thioether (sulfide) groups is 1. The number of hydrogen-bond acceptors (Lipinski definition) is 6. The van der Waals surface area contributed by atoms with Gasteiger partial charge in [-0.3, -0.25) is 10.1 Å². The molecule has 4 nitrogen and oxygen atoms in total. The van der Waals surface area contributed by atoms with Gasteiger partial charge in [-0.05, 0) is 49.6 Å². The van der Waals surface area contributed by atoms with Gasteiger partial charge in [0.2, 0.25) is 0 Å². The van der Waals surface area contributed by atoms with Crippen LogP contribution >= 0.6 is 34.4 Å². The molecule has 0 unspecified atom stereocenters. The summed E-state index contributed by atoms with van der Waals surface area (Å²) in [6.45, 7) is 2.00. The van der Waals surface area contributed by atoms with Gasteiger partial charge in [0.15, 0.2) is 5.13 Å². The van der Waals surface area contributed by atoms with Crippen LogP contribution in [0, 0.1) is 6.92 Å². The number of amides is 1. The number of anilines is 1. The van der Waals surface area contributed by atoms with Crippen molar-refractivity contribution < 1.29 is 4.79 Å². The Kier molecular flexibility index (Phi) is 3.99. The van der Waals surface area contributed by atoms with Crippen molar-refractivity contribution in [2.45, 2.75) is 11.8 Å². The number of fused-ring (bicyclic) bond motifs is 3. The summed E-state index contributed by atoms with van der Waals surface area (Å²) in [4.78, 5) is 22.6. The predicted molar refractivity (Wildman–Crippen MR) is 104 cm³/mol. The lowest BCUT2D eigenvalue weighted by Gasteiger charge is -2.02. The van der Waals surface area contributed by atoms with Crippen LogP contribution in [0.1, 0.15) is 15.4 Å². The van der Waals surface area contributed by atoms with Crippen LogP contribution in [-0.4, -0.2) is 22.1 Å². The van der Waals surface area contributed by atoms with E-state index in [4.69, 9.17) is 0 Å². The fourth-order valence-corrected chi connectivity index (χ4v) is 4.86. The molecule has 1 amide bonds. The maximum Gasteiger partial charge on any atom is 0.257 e. The highest BCUT2D eigenvalue weighted by Gasteiger charge is 2.13. The van der Waals surface area contributed by atoms with Gasteiger partial charge in [-0.15, -0.1) is 23.1 Å². The molecule has 0 fully saturated rings. The Morgan fingerprint density at radius 1 is 1.00 bits per heavy atom. The number of carbonyl (C=O) groups is 1. The molecule has 2 heterocycles. The van der Waals surface area contributed by atoms with Crippen LogP contribution in [0.5, 0.6) is 0 Å². The summed E-state index contributed by atoms with van der Waals surface area (Å²) in [5.41, 5.74) is 2.51. The molecule has 7 heteroatoms. The van der Waals surface area contributed by atoms with Crippen LogP contribution in [-0.2, 0) is 0 Å². The first-order chi connectivity index (χ1) is 11.6. The number of nitrogens with one attached hydrogen (secondary N) is 1. The molecule has 120 valence electrons. The van der Waals surface area contributed by atoms with E-state index >= 15 is 0 Å². The van der Waals surface area contributed by atoms with Gasteiger partial charge in [-0.25, -0.2) is 9.97 Å². The SMILES string of the molecule is CSc1ccc(C(=O)Nc2nc3ccc4nc(C)sc4c3s2)cc1. The van der Waals surface area contributed by atoms with E-state index < -0.39 is 0 Å². The molecule has 0 spiro atoms. The summed E-state index contributed by atoms with van der Waals surface area (Å²) in [7, 11) is 0. The fourth-order valence-electron chi connectivity index (χ4n) is 2.45. The van der Waals surface area contributed by atoms with Crippen molar-refractivity contribution in [3.8, 4) is 0 Å². The zero-order chi connectivity index (χ0) is 16.7. The van der Waals surface area contributed by atoms with E-state index in [2.05, 4.69) is 15.3 Å². The lowest BCUT2D eigenvalue weighted by molar-refractivity contribution is 0.102. The molecular weight excluding hydrogens is 358 g/mol. The lowest BCUT2D eigenvalue weighted by Crippen LogP contribution is -2.11. The molecule has 2 aromatic heterocycles. The first-order valence-corrected chi connectivity index (χ1v) is 10.1. The highest BCUT2D eigenvalue weighted by atomic mass is 32.2. The first kappa shape index (κ1) is 15.6. The Hall–Kier alpha value is -1.96. The summed E-state index contributed by atoms with van der Waals surface area (Å²) >= 11 is 4.81. The monoisotopic (exact) mass is 371 g/mol. The molecular formula is C17H13N3OS3. The molecule has 0 saturated heterocycles. The highest BCUT2D eigenvalue weighted by molar-refractivity contribution is 7.98. The Balaban J connectivity index is 1.66. The second kappa shape index (κ2) is 6.16. The quantitative estimate of drug-likeness (QED) is 0.504. The van der Waals surface area contributed by atoms with Gasteiger partial charge in [0.25, 0.3) is 5.91 Å². The van der Waals surface area contributed by atoms with Gasteiger partial charge in [-0.2, -0.15) is 0 Å². The molecule has 0 saturated carbocycles. The first-order valence-electron chi connectivity index (χ1n) is 7.26. The number of rotatable bonds is 3. The number of benzene rings is 2. The van der Waals surface area contributed by atoms with Crippen LogP contribution in [0.25, 0.3) is 20.4 Å². The van der Waals surface area contributed by atoms with Crippen LogP contribution in [0.3, 0.4) is 0 Å². The molecule has 0 atom stereocenters. The zero-order valence-corrected chi connectivity index (χ0v) is 15.4. The molecule has 2 aromatic carbocycles. The Morgan fingerprint density at radius 2 is 1.67 bits per heavy atom. The van der Waals surface area contributed by atoms with E-state index in [9.17, 15) is 4.79 Å². The van der Waals surface area contributed by atoms with Crippen molar-refractivity contribution in [3.05, 3.63) is 47.0 Å². The van der Waals surface area contributed by atoms with Crippen molar-refractivity contribution in [2.24, 2.45) is 0 Å². The second-order valence-electron chi connectivity index (χ2n) is 5.20. The maximum atomic E-state index is 12.4. The van der Waals surface area contributed by atoms with Crippen molar-refractivity contribution in [1.82, 2.24) is 9.97 Å². The third kappa shape index (κ3) is 2.79. The Bertz CT molecular complexity index is 1050. The summed E-state index contributed by atoms with van der Waals surface area (Å²) in [5.74, 6) is -0.140. The van der Waals surface area contributed by atoms with E-state index in [-0.39, 0.29) is 5.91 Å². The van der Waals surface area contributed by atoms with Gasteiger partial charge in [0.05, 0.1) is 25.4 Å². The minimum absolute atomic E-state index is 0.140. The Labute approximate surface area is 151 Å².